The van der Waals surface area contributed by atoms with Gasteiger partial charge in [0.15, 0.2) is 11.5 Å². The first-order valence-corrected chi connectivity index (χ1v) is 30.2. The van der Waals surface area contributed by atoms with Gasteiger partial charge in [0, 0.05) is 72.2 Å². The van der Waals surface area contributed by atoms with E-state index in [1.54, 1.807) is 58.9 Å². The minimum Gasteiger partial charge on any atom is -0.457 e. The Bertz CT molecular complexity index is 3200. The Morgan fingerprint density at radius 1 is 0.967 bits per heavy atom. The lowest BCUT2D eigenvalue weighted by molar-refractivity contribution is -0.197. The first-order valence-electron chi connectivity index (χ1n) is 29.8. The van der Waals surface area contributed by atoms with Crippen LogP contribution in [0.3, 0.4) is 0 Å². The summed E-state index contributed by atoms with van der Waals surface area (Å²) in [5, 5.41) is 22.6. The lowest BCUT2D eigenvalue weighted by Crippen LogP contribution is -2.63. The van der Waals surface area contributed by atoms with Gasteiger partial charge < -0.3 is 60.4 Å². The van der Waals surface area contributed by atoms with Crippen molar-refractivity contribution in [3.8, 4) is 0 Å². The minimum atomic E-state index is -5.23. The van der Waals surface area contributed by atoms with Gasteiger partial charge in [-0.05, 0) is 101 Å². The summed E-state index contributed by atoms with van der Waals surface area (Å²) in [7, 11) is 3.91. The number of methoxy groups -OCH3 is 1. The van der Waals surface area contributed by atoms with Crippen molar-refractivity contribution in [3.05, 3.63) is 87.0 Å². The molecule has 9 amide bonds. The van der Waals surface area contributed by atoms with Crippen LogP contribution in [0.1, 0.15) is 138 Å². The number of carbonyl (C=O) groups is 11. The number of alkyl halides is 3. The van der Waals surface area contributed by atoms with Gasteiger partial charge in [-0.15, -0.1) is 5.06 Å². The molecular formula is C62H80ClF3N8O17. The molecule has 0 saturated carbocycles. The maximum atomic E-state index is 15.1. The Labute approximate surface area is 529 Å². The lowest BCUT2D eigenvalue weighted by Gasteiger charge is -2.42. The average molecular weight is 1300 g/mol. The number of imide groups is 1. The largest absolute Gasteiger partial charge is 0.457 e. The minimum absolute atomic E-state index is 0.0463. The molecule has 3 fully saturated rings. The number of aliphatic hydroxyl groups is 1. The second kappa shape index (κ2) is 30.4. The standard InChI is InChI=1S/C62H80ClF3N8O17/c1-32(2)53(70-47(76)18-11-12-19-51(80)91-74-48(77)22-23-49(74)78)55(81)69-41(16-14-24-68-58(67)84)43(75)29-37-20-21-39(40(27-37)62(64,65)66)56(82)72(8)36(6)57(83)89-46-30-50(79)73(9)42-28-38(26-34(4)52(42)63)25-33(3)15-13-17-45(87-10)61(86)31-44(88-59(85)71-61)35(5)54-60(46,7)90-54/h13,15,17,20-21,26-28,32,35-36,41,44-46,53-54,86H,11-12,14,16,18-19,22-25,29-31H2,1-10H3,(H,69,81)(H,70,76)(H,71,85)(H3,67,68,84)/b17-13+,33-15+/t35-,36+,41+,44+,45-,46+,53+,54+,60+,61+/m1/s1. The van der Waals surface area contributed by atoms with Crippen molar-refractivity contribution in [3.63, 3.8) is 0 Å². The van der Waals surface area contributed by atoms with Gasteiger partial charge in [-0.2, -0.15) is 13.2 Å². The predicted octanol–water partition coefficient (Wildman–Crippen LogP) is 5.50. The molecule has 7 N–H and O–H groups in total. The normalized spacial score (nSPS) is 24.7. The van der Waals surface area contributed by atoms with E-state index in [2.05, 4.69) is 21.3 Å². The molecule has 4 heterocycles. The third-order valence-electron chi connectivity index (χ3n) is 16.6. The number of Topliss-reactive ketones (excluding diaryl/α,β-unsaturated/α-hetero) is 1. The summed E-state index contributed by atoms with van der Waals surface area (Å²) in [6, 6.07) is 0.957. The monoisotopic (exact) mass is 1300 g/mol. The molecule has 25 nitrogen and oxygen atoms in total. The third-order valence-corrected chi connectivity index (χ3v) is 17.1. The molecule has 0 spiro atoms. The van der Waals surface area contributed by atoms with Crippen molar-refractivity contribution in [1.29, 1.82) is 0 Å². The highest BCUT2D eigenvalue weighted by molar-refractivity contribution is 6.34. The summed E-state index contributed by atoms with van der Waals surface area (Å²) in [6.07, 6.45) is -7.12. The number of halogens is 4. The fourth-order valence-corrected chi connectivity index (χ4v) is 11.3. The van der Waals surface area contributed by atoms with Crippen molar-refractivity contribution in [2.24, 2.45) is 17.6 Å². The lowest BCUT2D eigenvalue weighted by atomic mass is 9.83. The summed E-state index contributed by atoms with van der Waals surface area (Å²) in [5.74, 6) is -8.77. The Kier molecular flexibility index (Phi) is 24.1. The van der Waals surface area contributed by atoms with Gasteiger partial charge in [-0.3, -0.25) is 38.9 Å². The molecule has 3 saturated heterocycles. The number of aryl methyl sites for hydroxylation is 1. The van der Waals surface area contributed by atoms with Gasteiger partial charge >= 0.3 is 30.2 Å². The SMILES string of the molecule is CO[C@@H]1/C=C/C=C(\C)Cc2cc(C)c(Cl)c(c2)N(C)C(=O)C[C@H](OC(=O)[C@H](C)N(C)C(=O)c2ccc(CC(=O)[C@H](CCCNC(N)=O)NC(=O)[C@@H](NC(=O)CCCCC(=O)ON3C(=O)CCC3=O)C(C)C)cc2C(F)(F)F)[C@]2(C)O[C@H]2[C@H](C)[C@@H]2C[C@@]1(O)NC(=O)O2. The number of fused-ring (bicyclic) bond motifs is 5. The second-order valence-electron chi connectivity index (χ2n) is 24.0. The van der Waals surface area contributed by atoms with Gasteiger partial charge in [0.25, 0.3) is 17.7 Å². The summed E-state index contributed by atoms with van der Waals surface area (Å²) >= 11 is 6.82. The zero-order valence-corrected chi connectivity index (χ0v) is 53.2. The predicted molar refractivity (Wildman–Crippen MR) is 320 cm³/mol. The Balaban J connectivity index is 1.19. The van der Waals surface area contributed by atoms with Crippen LogP contribution in [0.2, 0.25) is 5.02 Å². The van der Waals surface area contributed by atoms with Crippen molar-refractivity contribution >= 4 is 82.6 Å². The Morgan fingerprint density at radius 2 is 1.64 bits per heavy atom. The van der Waals surface area contributed by atoms with E-state index in [1.165, 1.54) is 26.0 Å². The zero-order chi connectivity index (χ0) is 67.6. The second-order valence-corrected chi connectivity index (χ2v) is 24.4. The van der Waals surface area contributed by atoms with Crippen LogP contribution in [0, 0.1) is 18.8 Å². The molecule has 10 atom stereocenters. The van der Waals surface area contributed by atoms with Crippen LogP contribution in [-0.4, -0.2) is 162 Å². The summed E-state index contributed by atoms with van der Waals surface area (Å²) in [4.78, 5) is 151. The maximum absolute atomic E-state index is 15.1. The summed E-state index contributed by atoms with van der Waals surface area (Å²) in [5.41, 5.74) is 1.68. The van der Waals surface area contributed by atoms with Crippen molar-refractivity contribution < 1.29 is 94.8 Å². The molecule has 0 radical (unpaired) electrons. The number of likely N-dealkylation sites (N-methyl/N-ethyl adjacent to an activating group) is 1. The number of anilines is 1. The Hall–Kier alpha value is -7.95. The number of primary amides is 1. The number of hydroxylamine groups is 2. The number of amides is 9. The van der Waals surface area contributed by atoms with Crippen molar-refractivity contribution in [2.75, 3.05) is 32.6 Å². The van der Waals surface area contributed by atoms with Gasteiger partial charge in [0.05, 0.1) is 40.4 Å². The van der Waals surface area contributed by atoms with E-state index in [0.717, 1.165) is 30.3 Å². The molecule has 2 aromatic carbocycles. The molecule has 4 aliphatic rings. The van der Waals surface area contributed by atoms with E-state index >= 15 is 13.2 Å². The van der Waals surface area contributed by atoms with Gasteiger partial charge in [0.1, 0.15) is 36.0 Å². The number of nitrogens with two attached hydrogens (primary N) is 1. The van der Waals surface area contributed by atoms with Gasteiger partial charge in [-0.1, -0.05) is 68.3 Å². The molecule has 4 bridgehead atoms. The number of epoxide rings is 1. The molecule has 0 aliphatic carbocycles. The molecule has 6 rings (SSSR count). The molecule has 4 aliphatic heterocycles. The van der Waals surface area contributed by atoms with Crippen LogP contribution in [0.4, 0.5) is 28.4 Å². The smallest absolute Gasteiger partial charge is 0.417 e. The molecular weight excluding hydrogens is 1220 g/mol. The molecule has 2 aromatic rings. The number of carbonyl (C=O) groups excluding carboxylic acids is 11. The summed E-state index contributed by atoms with van der Waals surface area (Å²) < 4.78 is 69.1. The Morgan fingerprint density at radius 3 is 2.27 bits per heavy atom. The number of ether oxygens (including phenoxy) is 4. The maximum Gasteiger partial charge on any atom is 0.417 e. The van der Waals surface area contributed by atoms with Gasteiger partial charge in [-0.25, -0.2) is 19.2 Å². The van der Waals surface area contributed by atoms with Crippen LogP contribution in [-0.2, 0) is 81.2 Å². The van der Waals surface area contributed by atoms with Crippen LogP contribution >= 0.6 is 11.6 Å². The number of hydrogen-bond donors (Lipinski definition) is 6. The fourth-order valence-electron chi connectivity index (χ4n) is 11.1. The van der Waals surface area contributed by atoms with Crippen LogP contribution < -0.4 is 31.9 Å². The highest BCUT2D eigenvalue weighted by Gasteiger charge is 2.64. The number of rotatable bonds is 22. The first-order chi connectivity index (χ1) is 42.6. The molecule has 0 aromatic heterocycles. The number of unbranched alkanes of at least 4 members (excludes halogenated alkanes) is 1. The number of urea groups is 1. The number of esters is 1. The van der Waals surface area contributed by atoms with E-state index < -0.39 is 161 Å². The molecule has 0 unspecified atom stereocenters. The van der Waals surface area contributed by atoms with Crippen LogP contribution in [0.5, 0.6) is 0 Å². The van der Waals surface area contributed by atoms with E-state index in [-0.39, 0.29) is 74.9 Å². The summed E-state index contributed by atoms with van der Waals surface area (Å²) in [6.45, 7) is 11.2. The quantitative estimate of drug-likeness (QED) is 0.0367. The number of nitrogens with zero attached hydrogens (tertiary/aromatic N) is 3. The van der Waals surface area contributed by atoms with Crippen molar-refractivity contribution in [1.82, 2.24) is 31.2 Å². The van der Waals surface area contributed by atoms with Crippen LogP contribution in [0.25, 0.3) is 0 Å². The average Bonchev–Trinajstić information content (AvgIpc) is 1.58. The number of allylic oxidation sites excluding steroid dienone is 3. The number of ketones is 1. The highest BCUT2D eigenvalue weighted by Crippen LogP contribution is 2.49. The topological polar surface area (TPSA) is 341 Å². The van der Waals surface area contributed by atoms with E-state index in [4.69, 9.17) is 41.1 Å². The van der Waals surface area contributed by atoms with Gasteiger partial charge in [0.2, 0.25) is 17.7 Å². The molecule has 29 heteroatoms. The first kappa shape index (κ1) is 72.1. The zero-order valence-electron chi connectivity index (χ0n) is 52.4. The van der Waals surface area contributed by atoms with Crippen molar-refractivity contribution in [2.45, 2.75) is 186 Å². The van der Waals surface area contributed by atoms with Crippen LogP contribution in [0.15, 0.2) is 54.1 Å². The van der Waals surface area contributed by atoms with E-state index in [1.807, 2.05) is 13.0 Å². The fraction of sp³-hybridized carbons (Fsp3) is 0.565. The van der Waals surface area contributed by atoms with E-state index in [0.29, 0.717) is 33.7 Å². The number of hydrogen-bond acceptors (Lipinski definition) is 17. The third kappa shape index (κ3) is 18.4. The number of alkyl carbamates (subject to hydrolysis) is 1. The molecule has 91 heavy (non-hydrogen) atoms. The number of nitrogens with one attached hydrogen (secondary N) is 4. The van der Waals surface area contributed by atoms with E-state index in [9.17, 15) is 57.8 Å². The highest BCUT2D eigenvalue weighted by atomic mass is 35.5. The molecule has 498 valence electrons. The number of benzene rings is 2.